The summed E-state index contributed by atoms with van der Waals surface area (Å²) < 4.78 is 0. The molecule has 0 spiro atoms. The molecule has 8 heteroatoms. The van der Waals surface area contributed by atoms with Crippen molar-refractivity contribution in [2.45, 2.75) is 20.3 Å². The van der Waals surface area contributed by atoms with E-state index in [0.717, 1.165) is 0 Å². The molecule has 0 bridgehead atoms. The van der Waals surface area contributed by atoms with Crippen LogP contribution in [0.25, 0.3) is 0 Å². The van der Waals surface area contributed by atoms with E-state index in [0.29, 0.717) is 9.80 Å². The third-order valence-corrected chi connectivity index (χ3v) is 2.17. The van der Waals surface area contributed by atoms with Crippen molar-refractivity contribution < 1.29 is 19.2 Å². The van der Waals surface area contributed by atoms with Crippen LogP contribution >= 0.6 is 0 Å². The number of rotatable bonds is 2. The maximum absolute atomic E-state index is 11.4. The Balaban J connectivity index is 0.00000256. The summed E-state index contributed by atoms with van der Waals surface area (Å²) in [6, 6.07) is 0. The highest BCUT2D eigenvalue weighted by Crippen LogP contribution is 2.07. The fourth-order valence-corrected chi connectivity index (χ4v) is 1.33. The van der Waals surface area contributed by atoms with Crippen LogP contribution in [0, 0.1) is 0 Å². The molecule has 1 rings (SSSR count). The first-order chi connectivity index (χ1) is 7.51. The normalized spacial score (nSPS) is 17.8. The molecule has 1 aliphatic rings. The molecule has 4 amide bonds. The summed E-state index contributed by atoms with van der Waals surface area (Å²) in [6.45, 7) is -0.693. The van der Waals surface area contributed by atoms with Crippen LogP contribution in [0.3, 0.4) is 0 Å². The second-order valence-corrected chi connectivity index (χ2v) is 3.15. The van der Waals surface area contributed by atoms with E-state index in [1.54, 1.807) is 0 Å². The Bertz CT molecular complexity index is 293. The minimum absolute atomic E-state index is 0. The van der Waals surface area contributed by atoms with E-state index < -0.39 is 36.5 Å². The van der Waals surface area contributed by atoms with Crippen LogP contribution in [0.15, 0.2) is 0 Å². The Labute approximate surface area is 98.5 Å². The molecule has 1 aliphatic heterocycles. The molecule has 0 radical (unpaired) electrons. The fraction of sp³-hybridized carbons (Fsp3) is 0.556. The van der Waals surface area contributed by atoms with Crippen molar-refractivity contribution in [1.29, 1.82) is 0 Å². The minimum Gasteiger partial charge on any atom is -0.313 e. The van der Waals surface area contributed by atoms with Gasteiger partial charge >= 0.3 is 0 Å². The first-order valence-corrected chi connectivity index (χ1v) is 4.57. The van der Waals surface area contributed by atoms with Gasteiger partial charge in [-0.15, -0.1) is 0 Å². The molecule has 1 heterocycles. The van der Waals surface area contributed by atoms with Gasteiger partial charge in [-0.25, -0.2) is 0 Å². The average Bonchev–Trinajstić information content (AvgIpc) is 2.17. The van der Waals surface area contributed by atoms with Crippen LogP contribution in [0.4, 0.5) is 0 Å². The Morgan fingerprint density at radius 1 is 0.765 bits per heavy atom. The molecule has 0 saturated carbocycles. The summed E-state index contributed by atoms with van der Waals surface area (Å²) in [5, 5.41) is 0. The first-order valence-electron chi connectivity index (χ1n) is 4.57. The largest absolute Gasteiger partial charge is 0.313 e. The summed E-state index contributed by atoms with van der Waals surface area (Å²) in [4.78, 5) is 47.0. The number of nitrogens with zero attached hydrogens (tertiary/aromatic N) is 2. The fourth-order valence-electron chi connectivity index (χ4n) is 1.33. The van der Waals surface area contributed by atoms with Crippen molar-refractivity contribution in [3.8, 4) is 0 Å². The molecular weight excluding hydrogens is 228 g/mol. The highest BCUT2D eigenvalue weighted by atomic mass is 16.2. The zero-order chi connectivity index (χ0) is 12.3. The number of carbonyl (C=O) groups excluding carboxylic acids is 4. The van der Waals surface area contributed by atoms with Gasteiger partial charge in [-0.05, 0) is 0 Å². The lowest BCUT2D eigenvalue weighted by atomic mass is 10.2. The molecular formula is C9H16N4O4. The van der Waals surface area contributed by atoms with E-state index in [-0.39, 0.29) is 20.8 Å². The van der Waals surface area contributed by atoms with Crippen molar-refractivity contribution in [2.24, 2.45) is 11.5 Å². The molecule has 8 nitrogen and oxygen atoms in total. The summed E-state index contributed by atoms with van der Waals surface area (Å²) >= 11 is 0. The Morgan fingerprint density at radius 3 is 1.18 bits per heavy atom. The van der Waals surface area contributed by atoms with E-state index in [2.05, 4.69) is 0 Å². The first kappa shape index (κ1) is 15.2. The van der Waals surface area contributed by atoms with Gasteiger partial charge in [0.15, 0.2) is 0 Å². The topological polar surface area (TPSA) is 127 Å². The molecule has 0 unspecified atom stereocenters. The number of amides is 4. The van der Waals surface area contributed by atoms with E-state index in [4.69, 9.17) is 11.5 Å². The molecule has 0 aliphatic carbocycles. The predicted octanol–water partition coefficient (Wildman–Crippen LogP) is -2.04. The van der Waals surface area contributed by atoms with E-state index >= 15 is 0 Å². The lowest BCUT2D eigenvalue weighted by molar-refractivity contribution is -0.155. The standard InChI is InChI=1S/C8H12N4O4.CH4/c9-3-11-5(13)1-6(14)12(4-10)8(16)2-7(11)15;/h1-4,9-10H2;1H4. The van der Waals surface area contributed by atoms with Crippen LogP contribution < -0.4 is 11.5 Å². The van der Waals surface area contributed by atoms with E-state index in [9.17, 15) is 19.2 Å². The van der Waals surface area contributed by atoms with Crippen molar-refractivity contribution in [3.63, 3.8) is 0 Å². The molecule has 17 heavy (non-hydrogen) atoms. The summed E-state index contributed by atoms with van der Waals surface area (Å²) in [5.41, 5.74) is 10.4. The van der Waals surface area contributed by atoms with Gasteiger partial charge in [0.05, 0.1) is 13.3 Å². The zero-order valence-corrected chi connectivity index (χ0v) is 8.51. The monoisotopic (exact) mass is 244 g/mol. The average molecular weight is 244 g/mol. The maximum atomic E-state index is 11.4. The van der Waals surface area contributed by atoms with Crippen molar-refractivity contribution >= 4 is 23.6 Å². The van der Waals surface area contributed by atoms with Crippen LogP contribution in [0.1, 0.15) is 20.3 Å². The van der Waals surface area contributed by atoms with Crippen molar-refractivity contribution in [3.05, 3.63) is 0 Å². The highest BCUT2D eigenvalue weighted by molar-refractivity contribution is 6.15. The van der Waals surface area contributed by atoms with Crippen LogP contribution in [-0.2, 0) is 19.2 Å². The summed E-state index contributed by atoms with van der Waals surface area (Å²) in [5.74, 6) is -2.88. The van der Waals surface area contributed by atoms with Gasteiger partial charge < -0.3 is 11.5 Å². The minimum atomic E-state index is -0.719. The summed E-state index contributed by atoms with van der Waals surface area (Å²) in [7, 11) is 0. The molecule has 96 valence electrons. The van der Waals surface area contributed by atoms with Gasteiger partial charge in [-0.2, -0.15) is 0 Å². The molecule has 0 aromatic heterocycles. The van der Waals surface area contributed by atoms with Gasteiger partial charge in [-0.1, -0.05) is 7.43 Å². The third kappa shape index (κ3) is 3.08. The molecule has 4 N–H and O–H groups in total. The molecule has 0 atom stereocenters. The zero-order valence-electron chi connectivity index (χ0n) is 8.51. The second-order valence-electron chi connectivity index (χ2n) is 3.15. The molecule has 0 aromatic carbocycles. The van der Waals surface area contributed by atoms with Gasteiger partial charge in [-0.3, -0.25) is 29.0 Å². The number of hydrogen-bond acceptors (Lipinski definition) is 6. The Kier molecular flexibility index (Phi) is 5.42. The van der Waals surface area contributed by atoms with Crippen LogP contribution in [-0.4, -0.2) is 46.8 Å². The second kappa shape index (κ2) is 6.06. The van der Waals surface area contributed by atoms with Gasteiger partial charge in [0, 0.05) is 0 Å². The molecule has 0 aromatic rings. The van der Waals surface area contributed by atoms with E-state index in [1.807, 2.05) is 0 Å². The Hall–Kier alpha value is -1.80. The number of nitrogens with two attached hydrogens (primary N) is 2. The highest BCUT2D eigenvalue weighted by Gasteiger charge is 2.32. The van der Waals surface area contributed by atoms with Gasteiger partial charge in [0.1, 0.15) is 12.8 Å². The van der Waals surface area contributed by atoms with Gasteiger partial charge in [0.2, 0.25) is 23.6 Å². The maximum Gasteiger partial charge on any atom is 0.239 e. The quantitative estimate of drug-likeness (QED) is 0.425. The predicted molar refractivity (Wildman–Crippen MR) is 57.8 cm³/mol. The molecule has 1 fully saturated rings. The van der Waals surface area contributed by atoms with Crippen molar-refractivity contribution in [2.75, 3.05) is 13.3 Å². The molecule has 1 saturated heterocycles. The lowest BCUT2D eigenvalue weighted by Gasteiger charge is -2.25. The van der Waals surface area contributed by atoms with Crippen LogP contribution in [0.5, 0.6) is 0 Å². The van der Waals surface area contributed by atoms with Crippen LogP contribution in [0.2, 0.25) is 0 Å². The SMILES string of the molecule is C.NCN1C(=O)CC(=O)N(CN)C(=O)CC1=O. The van der Waals surface area contributed by atoms with Gasteiger partial charge in [0.25, 0.3) is 0 Å². The Morgan fingerprint density at radius 2 is 1.00 bits per heavy atom. The number of carbonyl (C=O) groups is 4. The van der Waals surface area contributed by atoms with Crippen molar-refractivity contribution in [1.82, 2.24) is 9.80 Å². The number of imide groups is 2. The third-order valence-electron chi connectivity index (χ3n) is 2.17. The lowest BCUT2D eigenvalue weighted by Crippen LogP contribution is -2.51. The smallest absolute Gasteiger partial charge is 0.239 e. The van der Waals surface area contributed by atoms with E-state index in [1.165, 1.54) is 0 Å². The summed E-state index contributed by atoms with van der Waals surface area (Å²) in [6.07, 6.45) is -1.16. The number of hydrogen-bond donors (Lipinski definition) is 2.